The van der Waals surface area contributed by atoms with Crippen molar-refractivity contribution in [2.75, 3.05) is 14.2 Å². The highest BCUT2D eigenvalue weighted by Gasteiger charge is 2.25. The second kappa shape index (κ2) is 9.00. The molecule has 0 atom stereocenters. The van der Waals surface area contributed by atoms with Crippen molar-refractivity contribution in [3.05, 3.63) is 70.3 Å². The van der Waals surface area contributed by atoms with Crippen LogP contribution in [0, 0.1) is 10.1 Å². The van der Waals surface area contributed by atoms with Crippen LogP contribution in [0.4, 0.5) is 5.69 Å². The van der Waals surface area contributed by atoms with Gasteiger partial charge in [0.25, 0.3) is 0 Å². The Hall–Kier alpha value is -2.64. The van der Waals surface area contributed by atoms with Gasteiger partial charge in [0, 0.05) is 0 Å². The van der Waals surface area contributed by atoms with Crippen LogP contribution in [-0.4, -0.2) is 28.9 Å². The lowest BCUT2D eigenvalue weighted by atomic mass is 10.1. The van der Waals surface area contributed by atoms with Gasteiger partial charge >= 0.3 is 5.69 Å². The van der Waals surface area contributed by atoms with E-state index in [0.29, 0.717) is 11.3 Å². The maximum Gasteiger partial charge on any atom is 0.320 e. The van der Waals surface area contributed by atoms with Gasteiger partial charge in [-0.3, -0.25) is 10.1 Å². The van der Waals surface area contributed by atoms with E-state index >= 15 is 0 Å². The number of nitro groups is 1. The Balaban J connectivity index is 2.18. The van der Waals surface area contributed by atoms with Crippen LogP contribution in [-0.2, 0) is 17.5 Å². The van der Waals surface area contributed by atoms with Gasteiger partial charge in [-0.25, -0.2) is 0 Å². The molecule has 0 saturated heterocycles. The summed E-state index contributed by atoms with van der Waals surface area (Å²) in [6.45, 7) is 3.92. The Morgan fingerprint density at radius 1 is 1.16 bits per heavy atom. The first-order valence-electron chi connectivity index (χ1n) is 7.76. The smallest absolute Gasteiger partial charge is 0.320 e. The van der Waals surface area contributed by atoms with Crippen molar-refractivity contribution in [1.82, 2.24) is 0 Å². The third kappa shape index (κ3) is 4.46. The number of hydrogen-bond acceptors (Lipinski definition) is 5. The molecular formula is C18H21NO5Si. The Morgan fingerprint density at radius 2 is 1.92 bits per heavy atom. The minimum atomic E-state index is -1.02. The largest absolute Gasteiger partial charge is 0.493 e. The molecule has 6 nitrogen and oxygen atoms in total. The predicted molar refractivity (Wildman–Crippen MR) is 99.5 cm³/mol. The van der Waals surface area contributed by atoms with Crippen LogP contribution in [0.3, 0.4) is 0 Å². The van der Waals surface area contributed by atoms with Gasteiger partial charge in [-0.15, -0.1) is 6.58 Å². The SMILES string of the molecule is C=CCc1ccccc1[SiH2]OCc1ccc(OC)c(OC)c1[N+](=O)[O-]. The Labute approximate surface area is 149 Å². The molecule has 0 aromatic heterocycles. The summed E-state index contributed by atoms with van der Waals surface area (Å²) >= 11 is 0. The minimum Gasteiger partial charge on any atom is -0.493 e. The Morgan fingerprint density at radius 3 is 2.56 bits per heavy atom. The summed E-state index contributed by atoms with van der Waals surface area (Å²) in [6.07, 6.45) is 2.63. The van der Waals surface area contributed by atoms with E-state index in [2.05, 4.69) is 6.58 Å². The lowest BCUT2D eigenvalue weighted by Crippen LogP contribution is -2.21. The normalized spacial score (nSPS) is 10.8. The average Bonchev–Trinajstić information content (AvgIpc) is 2.62. The molecule has 2 aromatic rings. The molecule has 7 heteroatoms. The lowest BCUT2D eigenvalue weighted by Gasteiger charge is -2.12. The first-order valence-corrected chi connectivity index (χ1v) is 9.04. The molecule has 2 aromatic carbocycles. The highest BCUT2D eigenvalue weighted by atomic mass is 28.2. The van der Waals surface area contributed by atoms with Crippen LogP contribution >= 0.6 is 0 Å². The van der Waals surface area contributed by atoms with Gasteiger partial charge in [-0.05, 0) is 29.3 Å². The molecule has 0 aliphatic rings. The van der Waals surface area contributed by atoms with Crippen molar-refractivity contribution in [3.63, 3.8) is 0 Å². The molecule has 0 N–H and O–H groups in total. The summed E-state index contributed by atoms with van der Waals surface area (Å²) < 4.78 is 16.2. The number of nitro benzene ring substituents is 1. The summed E-state index contributed by atoms with van der Waals surface area (Å²) in [6, 6.07) is 11.3. The van der Waals surface area contributed by atoms with Crippen molar-refractivity contribution in [2.24, 2.45) is 0 Å². The molecule has 0 amide bonds. The van der Waals surface area contributed by atoms with Crippen molar-refractivity contribution in [2.45, 2.75) is 13.0 Å². The molecule has 0 radical (unpaired) electrons. The molecule has 0 bridgehead atoms. The standard InChI is InChI=1S/C18H21NO5Si/c1-4-7-13-8-5-6-9-16(13)25-24-12-14-10-11-15(22-2)18(23-3)17(14)19(20)21/h4-6,8-11H,1,7,12,25H2,2-3H3. The van der Waals surface area contributed by atoms with E-state index in [4.69, 9.17) is 13.9 Å². The molecule has 0 unspecified atom stereocenters. The van der Waals surface area contributed by atoms with Gasteiger partial charge in [0.15, 0.2) is 15.5 Å². The molecule has 0 spiro atoms. The summed E-state index contributed by atoms with van der Waals surface area (Å²) in [7, 11) is 1.81. The Kier molecular flexibility index (Phi) is 6.73. The van der Waals surface area contributed by atoms with Crippen LogP contribution in [0.25, 0.3) is 0 Å². The topological polar surface area (TPSA) is 70.8 Å². The Bertz CT molecular complexity index is 763. The van der Waals surface area contributed by atoms with Crippen LogP contribution in [0.5, 0.6) is 11.5 Å². The fraction of sp³-hybridized carbons (Fsp3) is 0.222. The maximum absolute atomic E-state index is 11.5. The fourth-order valence-corrected chi connectivity index (χ4v) is 3.81. The van der Waals surface area contributed by atoms with E-state index in [-0.39, 0.29) is 18.0 Å². The van der Waals surface area contributed by atoms with Crippen LogP contribution in [0.2, 0.25) is 0 Å². The van der Waals surface area contributed by atoms with E-state index in [1.54, 1.807) is 12.1 Å². The van der Waals surface area contributed by atoms with Crippen LogP contribution in [0.1, 0.15) is 11.1 Å². The third-order valence-electron chi connectivity index (χ3n) is 3.78. The highest BCUT2D eigenvalue weighted by molar-refractivity contribution is 6.47. The highest BCUT2D eigenvalue weighted by Crippen LogP contribution is 2.39. The summed E-state index contributed by atoms with van der Waals surface area (Å²) in [5.74, 6) is 0.439. The first-order chi connectivity index (χ1) is 12.1. The monoisotopic (exact) mass is 359 g/mol. The second-order valence-electron chi connectivity index (χ2n) is 5.32. The molecule has 25 heavy (non-hydrogen) atoms. The average molecular weight is 359 g/mol. The number of nitrogens with zero attached hydrogens (tertiary/aromatic N) is 1. The van der Waals surface area contributed by atoms with E-state index in [1.807, 2.05) is 30.3 Å². The van der Waals surface area contributed by atoms with E-state index < -0.39 is 14.7 Å². The van der Waals surface area contributed by atoms with E-state index in [0.717, 1.165) is 6.42 Å². The second-order valence-corrected chi connectivity index (χ2v) is 6.78. The predicted octanol–water partition coefficient (Wildman–Crippen LogP) is 2.27. The van der Waals surface area contributed by atoms with Crippen LogP contribution in [0.15, 0.2) is 49.1 Å². The molecule has 0 fully saturated rings. The van der Waals surface area contributed by atoms with Crippen molar-refractivity contribution in [1.29, 1.82) is 0 Å². The van der Waals surface area contributed by atoms with Gasteiger partial charge < -0.3 is 13.9 Å². The van der Waals surface area contributed by atoms with Crippen molar-refractivity contribution < 1.29 is 18.8 Å². The van der Waals surface area contributed by atoms with Gasteiger partial charge in [-0.2, -0.15) is 0 Å². The number of rotatable bonds is 9. The van der Waals surface area contributed by atoms with Gasteiger partial charge in [0.05, 0.1) is 31.3 Å². The lowest BCUT2D eigenvalue weighted by molar-refractivity contribution is -0.386. The molecular weight excluding hydrogens is 338 g/mol. The zero-order valence-corrected chi connectivity index (χ0v) is 15.8. The molecule has 0 aliphatic heterocycles. The number of methoxy groups -OCH3 is 2. The zero-order valence-electron chi connectivity index (χ0n) is 14.4. The van der Waals surface area contributed by atoms with Crippen molar-refractivity contribution >= 4 is 20.6 Å². The van der Waals surface area contributed by atoms with Crippen molar-refractivity contribution in [3.8, 4) is 11.5 Å². The number of hydrogen-bond donors (Lipinski definition) is 0. The zero-order chi connectivity index (χ0) is 18.2. The number of ether oxygens (including phenoxy) is 2. The maximum atomic E-state index is 11.5. The molecule has 0 aliphatic carbocycles. The minimum absolute atomic E-state index is 0.113. The molecule has 0 heterocycles. The summed E-state index contributed by atoms with van der Waals surface area (Å²) in [5.41, 5.74) is 1.54. The van der Waals surface area contributed by atoms with Gasteiger partial charge in [0.2, 0.25) is 5.75 Å². The third-order valence-corrected chi connectivity index (χ3v) is 5.19. The van der Waals surface area contributed by atoms with Crippen LogP contribution < -0.4 is 14.7 Å². The quantitative estimate of drug-likeness (QED) is 0.297. The molecule has 2 rings (SSSR count). The van der Waals surface area contributed by atoms with Gasteiger partial charge in [0.1, 0.15) is 0 Å². The fourth-order valence-electron chi connectivity index (χ4n) is 2.59. The van der Waals surface area contributed by atoms with E-state index in [9.17, 15) is 10.1 Å². The van der Waals surface area contributed by atoms with E-state index in [1.165, 1.54) is 25.0 Å². The summed E-state index contributed by atoms with van der Waals surface area (Å²) in [4.78, 5) is 11.0. The molecule has 0 saturated carbocycles. The number of benzene rings is 2. The first kappa shape index (κ1) is 18.7. The summed E-state index contributed by atoms with van der Waals surface area (Å²) in [5, 5.41) is 12.6. The number of allylic oxidation sites excluding steroid dienone is 1. The molecule has 132 valence electrons. The van der Waals surface area contributed by atoms with Gasteiger partial charge in [-0.1, -0.05) is 30.3 Å².